The van der Waals surface area contributed by atoms with E-state index in [0.717, 1.165) is 31.5 Å². The van der Waals surface area contributed by atoms with Gasteiger partial charge in [0.15, 0.2) is 11.6 Å². The van der Waals surface area contributed by atoms with E-state index in [9.17, 15) is 9.18 Å². The van der Waals surface area contributed by atoms with Crippen LogP contribution in [-0.2, 0) is 11.2 Å². The average molecular weight is 324 g/mol. The zero-order valence-corrected chi connectivity index (χ0v) is 14.6. The highest BCUT2D eigenvalue weighted by atomic mass is 19.1. The van der Waals surface area contributed by atoms with Crippen LogP contribution in [0.25, 0.3) is 0 Å². The topological polar surface area (TPSA) is 41.6 Å². The maximum Gasteiger partial charge on any atom is 0.207 e. The highest BCUT2D eigenvalue weighted by Gasteiger charge is 2.27. The van der Waals surface area contributed by atoms with Gasteiger partial charge in [-0.3, -0.25) is 9.69 Å². The summed E-state index contributed by atoms with van der Waals surface area (Å²) in [5, 5.41) is 2.43. The molecule has 1 heterocycles. The fourth-order valence-corrected chi connectivity index (χ4v) is 2.79. The Morgan fingerprint density at radius 1 is 1.43 bits per heavy atom. The quantitative estimate of drug-likeness (QED) is 0.818. The summed E-state index contributed by atoms with van der Waals surface area (Å²) in [7, 11) is 0. The van der Waals surface area contributed by atoms with E-state index in [4.69, 9.17) is 4.74 Å². The molecule has 1 aliphatic rings. The first-order valence-corrected chi connectivity index (χ1v) is 8.38. The summed E-state index contributed by atoms with van der Waals surface area (Å²) in [6.45, 7) is 10.8. The number of rotatable bonds is 6. The standard InChI is InChI=1S/C15H22FNO.C3H7NO/c1-4-8-17(11(2)3)13-9-12-6-5-7-14(16)15(12)18-10-13;1-2-4-3-5/h5-7,11,13H,4,8-10H2,1-3H3;3H,2H2,1H3,(H,4,5). The van der Waals surface area contributed by atoms with Gasteiger partial charge < -0.3 is 10.1 Å². The predicted molar refractivity (Wildman–Crippen MR) is 91.3 cm³/mol. The van der Waals surface area contributed by atoms with Crippen molar-refractivity contribution in [2.24, 2.45) is 0 Å². The van der Waals surface area contributed by atoms with E-state index in [-0.39, 0.29) is 5.82 Å². The fraction of sp³-hybridized carbons (Fsp3) is 0.611. The van der Waals surface area contributed by atoms with Gasteiger partial charge in [0, 0.05) is 18.6 Å². The van der Waals surface area contributed by atoms with Crippen LogP contribution < -0.4 is 10.1 Å². The molecule has 0 spiro atoms. The van der Waals surface area contributed by atoms with Crippen molar-refractivity contribution in [3.05, 3.63) is 29.6 Å². The highest BCUT2D eigenvalue weighted by molar-refractivity contribution is 5.45. The molecule has 130 valence electrons. The predicted octanol–water partition coefficient (Wildman–Crippen LogP) is 3.00. The normalized spacial score (nSPS) is 16.2. The van der Waals surface area contributed by atoms with Crippen LogP contribution in [0.4, 0.5) is 4.39 Å². The first-order valence-electron chi connectivity index (χ1n) is 8.38. The summed E-state index contributed by atoms with van der Waals surface area (Å²) in [5.41, 5.74) is 0.994. The Morgan fingerprint density at radius 3 is 2.70 bits per heavy atom. The van der Waals surface area contributed by atoms with E-state index in [0.29, 0.717) is 30.9 Å². The fourth-order valence-electron chi connectivity index (χ4n) is 2.79. The number of ether oxygens (including phenoxy) is 1. The maximum absolute atomic E-state index is 13.6. The van der Waals surface area contributed by atoms with Gasteiger partial charge in [0.2, 0.25) is 6.41 Å². The van der Waals surface area contributed by atoms with Gasteiger partial charge in [-0.25, -0.2) is 4.39 Å². The van der Waals surface area contributed by atoms with E-state index < -0.39 is 0 Å². The zero-order chi connectivity index (χ0) is 17.2. The molecule has 1 aliphatic heterocycles. The van der Waals surface area contributed by atoms with Crippen molar-refractivity contribution in [1.29, 1.82) is 0 Å². The Labute approximate surface area is 139 Å². The first-order chi connectivity index (χ1) is 11.0. The number of halogens is 1. The summed E-state index contributed by atoms with van der Waals surface area (Å²) in [6.07, 6.45) is 2.69. The molecule has 1 atom stereocenters. The van der Waals surface area contributed by atoms with E-state index in [1.807, 2.05) is 13.0 Å². The molecule has 2 rings (SSSR count). The van der Waals surface area contributed by atoms with Gasteiger partial charge >= 0.3 is 0 Å². The number of benzene rings is 1. The number of hydrogen-bond donors (Lipinski definition) is 1. The number of amides is 1. The molecule has 1 aromatic rings. The third-order valence-corrected chi connectivity index (χ3v) is 3.83. The molecule has 0 aromatic heterocycles. The summed E-state index contributed by atoms with van der Waals surface area (Å²) in [5.74, 6) is 0.214. The van der Waals surface area contributed by atoms with Crippen molar-refractivity contribution in [2.45, 2.75) is 52.6 Å². The van der Waals surface area contributed by atoms with Crippen molar-refractivity contribution in [2.75, 3.05) is 19.7 Å². The van der Waals surface area contributed by atoms with E-state index in [1.54, 1.807) is 6.07 Å². The van der Waals surface area contributed by atoms with Gasteiger partial charge in [0.05, 0.1) is 0 Å². The van der Waals surface area contributed by atoms with Gasteiger partial charge in [0.1, 0.15) is 6.61 Å². The van der Waals surface area contributed by atoms with E-state index in [1.165, 1.54) is 6.07 Å². The Hall–Kier alpha value is -1.62. The number of para-hydroxylation sites is 1. The van der Waals surface area contributed by atoms with Crippen molar-refractivity contribution in [1.82, 2.24) is 10.2 Å². The maximum atomic E-state index is 13.6. The molecule has 1 unspecified atom stereocenters. The lowest BCUT2D eigenvalue weighted by atomic mass is 10.00. The molecule has 5 heteroatoms. The Bertz CT molecular complexity index is 480. The van der Waals surface area contributed by atoms with Crippen LogP contribution in [0.15, 0.2) is 18.2 Å². The Kier molecular flexibility index (Phi) is 8.62. The van der Waals surface area contributed by atoms with Crippen LogP contribution in [0.5, 0.6) is 5.75 Å². The van der Waals surface area contributed by atoms with Crippen molar-refractivity contribution in [3.63, 3.8) is 0 Å². The number of nitrogens with one attached hydrogen (secondary N) is 1. The molecule has 1 aromatic carbocycles. The van der Waals surface area contributed by atoms with Crippen LogP contribution >= 0.6 is 0 Å². The van der Waals surface area contributed by atoms with Crippen LogP contribution in [0, 0.1) is 5.82 Å². The molecule has 0 fully saturated rings. The van der Waals surface area contributed by atoms with Crippen LogP contribution in [0.1, 0.15) is 39.7 Å². The minimum atomic E-state index is -0.238. The van der Waals surface area contributed by atoms with Gasteiger partial charge in [-0.1, -0.05) is 19.1 Å². The van der Waals surface area contributed by atoms with Crippen LogP contribution in [0.2, 0.25) is 0 Å². The van der Waals surface area contributed by atoms with Crippen molar-refractivity contribution < 1.29 is 13.9 Å². The molecule has 1 N–H and O–H groups in total. The molecule has 0 radical (unpaired) electrons. The van der Waals surface area contributed by atoms with Crippen molar-refractivity contribution in [3.8, 4) is 5.75 Å². The first kappa shape index (κ1) is 19.4. The second-order valence-electron chi connectivity index (χ2n) is 5.90. The lowest BCUT2D eigenvalue weighted by molar-refractivity contribution is -0.109. The smallest absolute Gasteiger partial charge is 0.207 e. The van der Waals surface area contributed by atoms with Crippen LogP contribution in [0.3, 0.4) is 0 Å². The number of hydrogen-bond acceptors (Lipinski definition) is 3. The minimum Gasteiger partial charge on any atom is -0.489 e. The lowest BCUT2D eigenvalue weighted by Gasteiger charge is -2.37. The van der Waals surface area contributed by atoms with Gasteiger partial charge in [0.25, 0.3) is 0 Å². The van der Waals surface area contributed by atoms with Gasteiger partial charge in [-0.05, 0) is 51.8 Å². The molecule has 0 aliphatic carbocycles. The molecule has 4 nitrogen and oxygen atoms in total. The number of carbonyl (C=O) groups excluding carboxylic acids is 1. The molecular weight excluding hydrogens is 295 g/mol. The van der Waals surface area contributed by atoms with Gasteiger partial charge in [-0.15, -0.1) is 0 Å². The number of nitrogens with zero attached hydrogens (tertiary/aromatic N) is 1. The third-order valence-electron chi connectivity index (χ3n) is 3.83. The molecular formula is C18H29FN2O2. The van der Waals surface area contributed by atoms with Gasteiger partial charge in [-0.2, -0.15) is 0 Å². The van der Waals surface area contributed by atoms with E-state index in [2.05, 4.69) is 31.0 Å². The average Bonchev–Trinajstić information content (AvgIpc) is 2.53. The molecule has 1 amide bonds. The summed E-state index contributed by atoms with van der Waals surface area (Å²) in [6, 6.07) is 6.05. The van der Waals surface area contributed by atoms with E-state index >= 15 is 0 Å². The summed E-state index contributed by atoms with van der Waals surface area (Å²) >= 11 is 0. The third kappa shape index (κ3) is 5.82. The zero-order valence-electron chi connectivity index (χ0n) is 14.6. The Morgan fingerprint density at radius 2 is 2.17 bits per heavy atom. The lowest BCUT2D eigenvalue weighted by Crippen LogP contribution is -2.47. The monoisotopic (exact) mass is 324 g/mol. The largest absolute Gasteiger partial charge is 0.489 e. The molecule has 0 saturated heterocycles. The molecule has 0 bridgehead atoms. The van der Waals surface area contributed by atoms with Crippen LogP contribution in [-0.4, -0.2) is 43.1 Å². The second-order valence-corrected chi connectivity index (χ2v) is 5.90. The highest BCUT2D eigenvalue weighted by Crippen LogP contribution is 2.29. The number of carbonyl (C=O) groups is 1. The molecule has 0 saturated carbocycles. The number of fused-ring (bicyclic) bond motifs is 1. The summed E-state index contributed by atoms with van der Waals surface area (Å²) < 4.78 is 19.2. The van der Waals surface area contributed by atoms with Crippen molar-refractivity contribution >= 4 is 6.41 Å². The summed E-state index contributed by atoms with van der Waals surface area (Å²) in [4.78, 5) is 11.7. The Balaban J connectivity index is 0.000000463. The second kappa shape index (κ2) is 10.2. The minimum absolute atomic E-state index is 0.238. The SMILES string of the molecule is CCCN(C(C)C)C1COc2c(F)cccc2C1.CCNC=O. The molecule has 23 heavy (non-hydrogen) atoms.